The predicted molar refractivity (Wildman–Crippen MR) is 43.9 cm³/mol. The third kappa shape index (κ3) is 1.53. The first-order valence-corrected chi connectivity index (χ1v) is 4.07. The van der Waals surface area contributed by atoms with Crippen molar-refractivity contribution in [3.05, 3.63) is 8.79 Å². The van der Waals surface area contributed by atoms with Gasteiger partial charge in [-0.05, 0) is 15.9 Å². The molecule has 0 atom stereocenters. The van der Waals surface area contributed by atoms with Crippen LogP contribution in [0.4, 0.5) is 0 Å². The molecule has 0 amide bonds. The number of thiazole rings is 1. The van der Waals surface area contributed by atoms with E-state index >= 15 is 0 Å². The van der Waals surface area contributed by atoms with Gasteiger partial charge in [-0.25, -0.2) is 4.98 Å². The van der Waals surface area contributed by atoms with Gasteiger partial charge in [0, 0.05) is 10.5 Å². The van der Waals surface area contributed by atoms with Crippen LogP contribution in [0.5, 0.6) is 0 Å². The van der Waals surface area contributed by atoms with E-state index in [0.717, 1.165) is 14.4 Å². The number of aromatic nitrogens is 1. The van der Waals surface area contributed by atoms with Crippen molar-refractivity contribution in [2.45, 2.75) is 6.61 Å². The molecular formula is C4H5BBrNOS. The SMILES string of the molecule is Bc1nc(Br)sc1CO. The summed E-state index contributed by atoms with van der Waals surface area (Å²) in [6, 6.07) is 0. The number of aliphatic hydroxyl groups excluding tert-OH is 1. The number of hydrogen-bond acceptors (Lipinski definition) is 3. The van der Waals surface area contributed by atoms with Crippen LogP contribution in [0.1, 0.15) is 4.88 Å². The predicted octanol–water partition coefficient (Wildman–Crippen LogP) is -0.344. The number of hydrogen-bond donors (Lipinski definition) is 1. The van der Waals surface area contributed by atoms with Crippen LogP contribution in [-0.4, -0.2) is 17.9 Å². The van der Waals surface area contributed by atoms with Crippen molar-refractivity contribution in [3.63, 3.8) is 0 Å². The topological polar surface area (TPSA) is 33.1 Å². The molecule has 0 unspecified atom stereocenters. The lowest BCUT2D eigenvalue weighted by Crippen LogP contribution is -2.07. The van der Waals surface area contributed by atoms with E-state index in [0.29, 0.717) is 0 Å². The highest BCUT2D eigenvalue weighted by Crippen LogP contribution is 2.15. The smallest absolute Gasteiger partial charge is 0.165 e. The summed E-state index contributed by atoms with van der Waals surface area (Å²) >= 11 is 4.69. The Balaban J connectivity index is 3.01. The van der Waals surface area contributed by atoms with E-state index in [-0.39, 0.29) is 6.61 Å². The molecule has 48 valence electrons. The molecule has 0 spiro atoms. The number of nitrogens with zero attached hydrogens (tertiary/aromatic N) is 1. The van der Waals surface area contributed by atoms with Gasteiger partial charge in [0.25, 0.3) is 0 Å². The summed E-state index contributed by atoms with van der Waals surface area (Å²) in [5, 5.41) is 8.68. The first-order chi connectivity index (χ1) is 4.24. The minimum Gasteiger partial charge on any atom is -0.391 e. The zero-order valence-electron chi connectivity index (χ0n) is 4.89. The summed E-state index contributed by atoms with van der Waals surface area (Å²) in [5.74, 6) is 0. The molecule has 0 bridgehead atoms. The van der Waals surface area contributed by atoms with Gasteiger partial charge in [0.15, 0.2) is 11.8 Å². The fourth-order valence-corrected chi connectivity index (χ4v) is 2.04. The minimum absolute atomic E-state index is 0.0924. The van der Waals surface area contributed by atoms with E-state index in [1.807, 2.05) is 7.85 Å². The molecule has 0 aliphatic carbocycles. The quantitative estimate of drug-likeness (QED) is 0.637. The van der Waals surface area contributed by atoms with Crippen molar-refractivity contribution in [2.24, 2.45) is 0 Å². The summed E-state index contributed by atoms with van der Waals surface area (Å²) in [5.41, 5.74) is 0.911. The first-order valence-electron chi connectivity index (χ1n) is 2.46. The van der Waals surface area contributed by atoms with Gasteiger partial charge in [-0.1, -0.05) is 0 Å². The standard InChI is InChI=1S/C4H5BBrNOS/c5-3-2(1-8)9-4(6)7-3/h8H,1,5H2. The lowest BCUT2D eigenvalue weighted by atomic mass is 10.0. The van der Waals surface area contributed by atoms with Crippen molar-refractivity contribution in [3.8, 4) is 0 Å². The van der Waals surface area contributed by atoms with Gasteiger partial charge < -0.3 is 5.11 Å². The van der Waals surface area contributed by atoms with E-state index in [1.54, 1.807) is 0 Å². The lowest BCUT2D eigenvalue weighted by Gasteiger charge is -1.85. The average molecular weight is 206 g/mol. The molecule has 1 heterocycles. The maximum Gasteiger partial charge on any atom is 0.165 e. The van der Waals surface area contributed by atoms with Gasteiger partial charge >= 0.3 is 0 Å². The number of aliphatic hydroxyl groups is 1. The molecule has 0 saturated carbocycles. The molecule has 0 aliphatic heterocycles. The van der Waals surface area contributed by atoms with E-state index in [1.165, 1.54) is 11.3 Å². The monoisotopic (exact) mass is 205 g/mol. The van der Waals surface area contributed by atoms with Gasteiger partial charge in [-0.2, -0.15) is 0 Å². The molecule has 1 rings (SSSR count). The summed E-state index contributed by atoms with van der Waals surface area (Å²) < 4.78 is 0.837. The molecule has 0 saturated heterocycles. The second-order valence-corrected chi connectivity index (χ2v) is 3.99. The zero-order valence-corrected chi connectivity index (χ0v) is 7.29. The van der Waals surface area contributed by atoms with Crippen molar-refractivity contribution in [1.82, 2.24) is 4.98 Å². The Kier molecular flexibility index (Phi) is 2.26. The summed E-state index contributed by atoms with van der Waals surface area (Å²) in [6.45, 7) is 0.0924. The zero-order chi connectivity index (χ0) is 6.85. The van der Waals surface area contributed by atoms with Gasteiger partial charge in [0.05, 0.1) is 6.61 Å². The fraction of sp³-hybridized carbons (Fsp3) is 0.250. The molecule has 1 N–H and O–H groups in total. The lowest BCUT2D eigenvalue weighted by molar-refractivity contribution is 0.286. The highest BCUT2D eigenvalue weighted by molar-refractivity contribution is 9.11. The van der Waals surface area contributed by atoms with Crippen LogP contribution < -0.4 is 5.59 Å². The van der Waals surface area contributed by atoms with Gasteiger partial charge in [0.2, 0.25) is 0 Å². The van der Waals surface area contributed by atoms with Crippen molar-refractivity contribution >= 4 is 40.7 Å². The highest BCUT2D eigenvalue weighted by Gasteiger charge is 2.01. The first kappa shape index (κ1) is 7.24. The van der Waals surface area contributed by atoms with Crippen molar-refractivity contribution in [2.75, 3.05) is 0 Å². The second kappa shape index (κ2) is 2.81. The Labute approximate surface area is 66.5 Å². The van der Waals surface area contributed by atoms with Crippen LogP contribution in [0.15, 0.2) is 3.92 Å². The largest absolute Gasteiger partial charge is 0.391 e. The molecule has 0 aromatic carbocycles. The molecule has 1 aromatic heterocycles. The van der Waals surface area contributed by atoms with E-state index < -0.39 is 0 Å². The van der Waals surface area contributed by atoms with Gasteiger partial charge in [-0.15, -0.1) is 11.3 Å². The van der Waals surface area contributed by atoms with E-state index in [9.17, 15) is 0 Å². The molecule has 2 nitrogen and oxygen atoms in total. The van der Waals surface area contributed by atoms with E-state index in [2.05, 4.69) is 20.9 Å². The molecular weight excluding hydrogens is 201 g/mol. The summed E-state index contributed by atoms with van der Waals surface area (Å²) in [6.07, 6.45) is 0. The number of rotatable bonds is 1. The van der Waals surface area contributed by atoms with Crippen LogP contribution in [0, 0.1) is 0 Å². The Hall–Kier alpha value is 0.135. The maximum atomic E-state index is 8.68. The van der Waals surface area contributed by atoms with E-state index in [4.69, 9.17) is 5.11 Å². The highest BCUT2D eigenvalue weighted by atomic mass is 79.9. The Morgan fingerprint density at radius 3 is 2.67 bits per heavy atom. The van der Waals surface area contributed by atoms with Crippen LogP contribution in [-0.2, 0) is 6.61 Å². The van der Waals surface area contributed by atoms with Crippen molar-refractivity contribution in [1.29, 1.82) is 0 Å². The molecule has 0 radical (unpaired) electrons. The Bertz CT molecular complexity index is 214. The molecule has 9 heavy (non-hydrogen) atoms. The molecule has 5 heteroatoms. The van der Waals surface area contributed by atoms with Crippen LogP contribution in [0.2, 0.25) is 0 Å². The third-order valence-electron chi connectivity index (χ3n) is 1.01. The second-order valence-electron chi connectivity index (χ2n) is 1.63. The Morgan fingerprint density at radius 2 is 2.44 bits per heavy atom. The fourth-order valence-electron chi connectivity index (χ4n) is 0.539. The van der Waals surface area contributed by atoms with Crippen LogP contribution >= 0.6 is 27.3 Å². The van der Waals surface area contributed by atoms with Crippen LogP contribution in [0.3, 0.4) is 0 Å². The van der Waals surface area contributed by atoms with Gasteiger partial charge in [0.1, 0.15) is 0 Å². The summed E-state index contributed by atoms with van der Waals surface area (Å²) in [4.78, 5) is 4.99. The molecule has 1 aromatic rings. The third-order valence-corrected chi connectivity index (χ3v) is 2.60. The molecule has 0 aliphatic rings. The summed E-state index contributed by atoms with van der Waals surface area (Å²) in [7, 11) is 1.88. The maximum absolute atomic E-state index is 8.68. The minimum atomic E-state index is 0.0924. The molecule has 0 fully saturated rings. The van der Waals surface area contributed by atoms with Crippen LogP contribution in [0.25, 0.3) is 0 Å². The normalized spacial score (nSPS) is 10.0. The average Bonchev–Trinajstić information content (AvgIpc) is 2.10. The number of halogens is 1. The van der Waals surface area contributed by atoms with Gasteiger partial charge in [-0.3, -0.25) is 0 Å². The Morgan fingerprint density at radius 1 is 1.78 bits per heavy atom. The van der Waals surface area contributed by atoms with Crippen molar-refractivity contribution < 1.29 is 5.11 Å².